The molecular weight excluding hydrogens is 520 g/mol. The van der Waals surface area contributed by atoms with Crippen molar-refractivity contribution in [2.24, 2.45) is 11.8 Å². The van der Waals surface area contributed by atoms with Crippen molar-refractivity contribution in [3.8, 4) is 0 Å². The van der Waals surface area contributed by atoms with Gasteiger partial charge in [0.25, 0.3) is 0 Å². The highest BCUT2D eigenvalue weighted by Gasteiger charge is 2.27. The number of amides is 2. The van der Waals surface area contributed by atoms with E-state index in [-0.39, 0.29) is 63.0 Å². The van der Waals surface area contributed by atoms with E-state index in [2.05, 4.69) is 23.8 Å². The molecule has 0 aromatic heterocycles. The molecule has 2 rings (SSSR count). The molecule has 0 heterocycles. The zero-order chi connectivity index (χ0) is 29.7. The zero-order valence-electron chi connectivity index (χ0n) is 23.8. The van der Waals surface area contributed by atoms with E-state index in [1.54, 1.807) is 6.08 Å². The van der Waals surface area contributed by atoms with Gasteiger partial charge in [-0.1, -0.05) is 72.8 Å². The van der Waals surface area contributed by atoms with Gasteiger partial charge in [-0.2, -0.15) is 0 Å². The fourth-order valence-electron chi connectivity index (χ4n) is 4.39. The third-order valence-corrected chi connectivity index (χ3v) is 6.57. The summed E-state index contributed by atoms with van der Waals surface area (Å²) in [5.74, 6) is -1.87. The molecule has 0 bridgehead atoms. The maximum atomic E-state index is 13.5. The van der Waals surface area contributed by atoms with Crippen molar-refractivity contribution >= 4 is 17.8 Å². The number of aliphatic hydroxyl groups excluding tert-OH is 1. The maximum Gasteiger partial charge on any atom is 0.309 e. The molecule has 0 unspecified atom stereocenters. The van der Waals surface area contributed by atoms with Gasteiger partial charge in [-0.25, -0.2) is 0 Å². The van der Waals surface area contributed by atoms with Crippen LogP contribution in [0, 0.1) is 11.8 Å². The molecule has 3 atom stereocenters. The Morgan fingerprint density at radius 2 is 1.61 bits per heavy atom. The Morgan fingerprint density at radius 1 is 0.902 bits per heavy atom. The molecule has 3 N–H and O–H groups in total. The summed E-state index contributed by atoms with van der Waals surface area (Å²) >= 11 is 0. The van der Waals surface area contributed by atoms with Gasteiger partial charge in [-0.3, -0.25) is 14.4 Å². The van der Waals surface area contributed by atoms with Crippen LogP contribution < -0.4 is 10.6 Å². The molecule has 8 heteroatoms. The Morgan fingerprint density at radius 3 is 2.27 bits per heavy atom. The van der Waals surface area contributed by atoms with Gasteiger partial charge in [-0.15, -0.1) is 13.2 Å². The summed E-state index contributed by atoms with van der Waals surface area (Å²) in [6, 6.07) is 19.2. The smallest absolute Gasteiger partial charge is 0.309 e. The summed E-state index contributed by atoms with van der Waals surface area (Å²) < 4.78 is 11.2. The number of benzene rings is 2. The highest BCUT2D eigenvalue weighted by atomic mass is 16.5. The molecule has 222 valence electrons. The normalized spacial score (nSPS) is 12.9. The first kappa shape index (κ1) is 33.5. The predicted molar refractivity (Wildman–Crippen MR) is 160 cm³/mol. The number of esters is 1. The number of rotatable bonds is 21. The molecule has 0 aliphatic rings. The van der Waals surface area contributed by atoms with Crippen LogP contribution in [0.1, 0.15) is 49.3 Å². The number of ether oxygens (including phenoxy) is 2. The first-order valence-electron chi connectivity index (χ1n) is 14.2. The maximum absolute atomic E-state index is 13.5. The molecule has 2 aromatic carbocycles. The standard InChI is InChI=1S/C33H44N2O6/c1-3-5-8-18-29(23-26-14-9-6-10-15-26)33(39)41-30(27-16-11-7-12-17-27)25-35-32(38)28(13-4-2)24-31(37)34-19-21-40-22-20-36/h3-4,6-7,9-12,14-17,28-30,36H,1-2,5,8,13,18-25H2,(H,34,37)(H,35,38)/t28-,29+,30-/m0/s1. The second kappa shape index (κ2) is 20.2. The minimum absolute atomic E-state index is 0.0178. The van der Waals surface area contributed by atoms with Gasteiger partial charge in [0.1, 0.15) is 6.10 Å². The SMILES string of the molecule is C=CCCC[C@H](Cc1ccccc1)C(=O)O[C@@H](CNC(=O)[C@@H](CC=C)CC(=O)NCCOCCO)c1ccccc1. The fraction of sp³-hybridized carbons (Fsp3) is 0.424. The molecule has 0 spiro atoms. The Bertz CT molecular complexity index is 1060. The lowest BCUT2D eigenvalue weighted by molar-refractivity contribution is -0.155. The topological polar surface area (TPSA) is 114 Å². The monoisotopic (exact) mass is 564 g/mol. The van der Waals surface area contributed by atoms with Crippen molar-refractivity contribution in [1.82, 2.24) is 10.6 Å². The van der Waals surface area contributed by atoms with Crippen LogP contribution in [0.25, 0.3) is 0 Å². The lowest BCUT2D eigenvalue weighted by Crippen LogP contribution is -2.38. The number of unbranched alkanes of at least 4 members (excludes halogenated alkanes) is 1. The third kappa shape index (κ3) is 13.4. The lowest BCUT2D eigenvalue weighted by atomic mass is 9.94. The summed E-state index contributed by atoms with van der Waals surface area (Å²) in [4.78, 5) is 39.0. The average Bonchev–Trinajstić information content (AvgIpc) is 2.99. The van der Waals surface area contributed by atoms with Gasteiger partial charge in [0.05, 0.1) is 38.2 Å². The van der Waals surface area contributed by atoms with E-state index in [4.69, 9.17) is 14.6 Å². The van der Waals surface area contributed by atoms with E-state index in [0.29, 0.717) is 19.3 Å². The number of carbonyl (C=O) groups excluding carboxylic acids is 3. The Kier molecular flexibility index (Phi) is 16.5. The van der Waals surface area contributed by atoms with E-state index < -0.39 is 12.0 Å². The minimum atomic E-state index is -0.688. The van der Waals surface area contributed by atoms with Crippen LogP contribution in [0.15, 0.2) is 86.0 Å². The van der Waals surface area contributed by atoms with Crippen molar-refractivity contribution in [3.05, 3.63) is 97.1 Å². The van der Waals surface area contributed by atoms with Crippen LogP contribution in [-0.4, -0.2) is 55.8 Å². The van der Waals surface area contributed by atoms with Crippen LogP contribution in [0.4, 0.5) is 0 Å². The van der Waals surface area contributed by atoms with Gasteiger partial charge in [0, 0.05) is 13.0 Å². The fourth-order valence-corrected chi connectivity index (χ4v) is 4.39. The molecule has 41 heavy (non-hydrogen) atoms. The molecule has 0 saturated carbocycles. The second-order valence-corrected chi connectivity index (χ2v) is 9.80. The van der Waals surface area contributed by atoms with Crippen molar-refractivity contribution in [1.29, 1.82) is 0 Å². The van der Waals surface area contributed by atoms with Crippen LogP contribution in [-0.2, 0) is 30.3 Å². The number of hydrogen-bond acceptors (Lipinski definition) is 6. The van der Waals surface area contributed by atoms with E-state index in [1.165, 1.54) is 0 Å². The van der Waals surface area contributed by atoms with Crippen LogP contribution in [0.2, 0.25) is 0 Å². The van der Waals surface area contributed by atoms with Crippen molar-refractivity contribution < 1.29 is 29.0 Å². The summed E-state index contributed by atoms with van der Waals surface area (Å²) in [7, 11) is 0. The number of allylic oxidation sites excluding steroid dienone is 2. The highest BCUT2D eigenvalue weighted by Crippen LogP contribution is 2.23. The molecular formula is C33H44N2O6. The van der Waals surface area contributed by atoms with Crippen LogP contribution in [0.5, 0.6) is 0 Å². The Balaban J connectivity index is 2.06. The first-order chi connectivity index (χ1) is 20.0. The van der Waals surface area contributed by atoms with Crippen LogP contribution >= 0.6 is 0 Å². The highest BCUT2D eigenvalue weighted by molar-refractivity contribution is 5.86. The summed E-state index contributed by atoms with van der Waals surface area (Å²) in [5.41, 5.74) is 1.83. The number of nitrogens with one attached hydrogen (secondary N) is 2. The molecule has 8 nitrogen and oxygen atoms in total. The largest absolute Gasteiger partial charge is 0.455 e. The summed E-state index contributed by atoms with van der Waals surface area (Å²) in [6.45, 7) is 8.25. The molecule has 0 fully saturated rings. The van der Waals surface area contributed by atoms with E-state index in [1.807, 2.05) is 66.7 Å². The molecule has 0 aliphatic heterocycles. The molecule has 0 saturated heterocycles. The third-order valence-electron chi connectivity index (χ3n) is 6.57. The molecule has 2 amide bonds. The second-order valence-electron chi connectivity index (χ2n) is 9.80. The Hall–Kier alpha value is -3.75. The van der Waals surface area contributed by atoms with Gasteiger partial charge < -0.3 is 25.2 Å². The van der Waals surface area contributed by atoms with E-state index in [9.17, 15) is 14.4 Å². The molecule has 0 radical (unpaired) electrons. The predicted octanol–water partition coefficient (Wildman–Crippen LogP) is 4.31. The molecule has 2 aromatic rings. The summed E-state index contributed by atoms with van der Waals surface area (Å²) in [6.07, 6.45) is 5.92. The first-order valence-corrected chi connectivity index (χ1v) is 14.2. The van der Waals surface area contributed by atoms with Crippen molar-refractivity contribution in [3.63, 3.8) is 0 Å². The van der Waals surface area contributed by atoms with Gasteiger partial charge in [0.15, 0.2) is 0 Å². The van der Waals surface area contributed by atoms with Gasteiger partial charge in [-0.05, 0) is 43.2 Å². The zero-order valence-corrected chi connectivity index (χ0v) is 23.8. The van der Waals surface area contributed by atoms with Crippen molar-refractivity contribution in [2.45, 2.75) is 44.6 Å². The van der Waals surface area contributed by atoms with Gasteiger partial charge in [0.2, 0.25) is 11.8 Å². The van der Waals surface area contributed by atoms with Crippen LogP contribution in [0.3, 0.4) is 0 Å². The number of carbonyl (C=O) groups is 3. The average molecular weight is 565 g/mol. The van der Waals surface area contributed by atoms with E-state index >= 15 is 0 Å². The molecule has 0 aliphatic carbocycles. The van der Waals surface area contributed by atoms with Gasteiger partial charge >= 0.3 is 5.97 Å². The lowest BCUT2D eigenvalue weighted by Gasteiger charge is -2.24. The minimum Gasteiger partial charge on any atom is -0.455 e. The van der Waals surface area contributed by atoms with E-state index in [0.717, 1.165) is 24.0 Å². The van der Waals surface area contributed by atoms with Crippen molar-refractivity contribution in [2.75, 3.05) is 32.9 Å². The number of hydrogen-bond donors (Lipinski definition) is 3. The summed E-state index contributed by atoms with van der Waals surface area (Å²) in [5, 5.41) is 14.4. The number of aliphatic hydroxyl groups is 1. The Labute approximate surface area is 243 Å². The quantitative estimate of drug-likeness (QED) is 0.118.